The minimum Gasteiger partial charge on any atom is -0.319 e. The van der Waals surface area contributed by atoms with E-state index in [2.05, 4.69) is 69.8 Å². The number of hydrogen-bond donors (Lipinski definition) is 1. The van der Waals surface area contributed by atoms with E-state index in [0.717, 1.165) is 11.0 Å². The van der Waals surface area contributed by atoms with Crippen molar-refractivity contribution in [1.82, 2.24) is 5.32 Å². The van der Waals surface area contributed by atoms with Crippen LogP contribution in [0.3, 0.4) is 0 Å². The number of fused-ring (bicyclic) bond motifs is 1. The Hall–Kier alpha value is -0.770. The number of nitrogens with one attached hydrogen (secondary N) is 1. The molecule has 0 bridgehead atoms. The highest BCUT2D eigenvalue weighted by Crippen LogP contribution is 2.43. The molecule has 3 rings (SSSR count). The van der Waals surface area contributed by atoms with Gasteiger partial charge in [0.05, 0.1) is 0 Å². The standard InChI is InChI=1S/C18H20BrNS/c1-20-11-14(13-6-8-16(19)9-7-13)10-15-12-21-18-5-3-2-4-17(15)18/h2-9,14-15,20H,10-12H2,1H3. The molecule has 1 N–H and O–H groups in total. The molecule has 2 aromatic carbocycles. The molecular formula is C18H20BrNS. The van der Waals surface area contributed by atoms with Gasteiger partial charge in [-0.3, -0.25) is 0 Å². The van der Waals surface area contributed by atoms with Crippen LogP contribution in [0.2, 0.25) is 0 Å². The average molecular weight is 362 g/mol. The van der Waals surface area contributed by atoms with Crippen LogP contribution >= 0.6 is 27.7 Å². The Balaban J connectivity index is 1.79. The Kier molecular flexibility index (Phi) is 5.04. The van der Waals surface area contributed by atoms with Gasteiger partial charge in [-0.15, -0.1) is 11.8 Å². The van der Waals surface area contributed by atoms with Crippen molar-refractivity contribution in [1.29, 1.82) is 0 Å². The molecule has 0 saturated carbocycles. The smallest absolute Gasteiger partial charge is 0.0175 e. The summed E-state index contributed by atoms with van der Waals surface area (Å²) < 4.78 is 1.15. The molecule has 0 spiro atoms. The third-order valence-corrected chi connectivity index (χ3v) is 5.94. The third-order valence-electron chi connectivity index (χ3n) is 4.16. The van der Waals surface area contributed by atoms with E-state index in [9.17, 15) is 0 Å². The minimum absolute atomic E-state index is 0.569. The first-order valence-corrected chi connectivity index (χ1v) is 9.17. The zero-order chi connectivity index (χ0) is 14.7. The lowest BCUT2D eigenvalue weighted by Crippen LogP contribution is -2.19. The molecule has 0 aromatic heterocycles. The number of likely N-dealkylation sites (N-methyl/N-ethyl adjacent to an activating group) is 1. The molecule has 2 atom stereocenters. The molecule has 0 saturated heterocycles. The first-order valence-electron chi connectivity index (χ1n) is 7.39. The summed E-state index contributed by atoms with van der Waals surface area (Å²) in [5.41, 5.74) is 2.97. The number of thioether (sulfide) groups is 1. The molecule has 1 nitrogen and oxygen atoms in total. The van der Waals surface area contributed by atoms with Crippen molar-refractivity contribution >= 4 is 27.7 Å². The molecule has 2 unspecified atom stereocenters. The van der Waals surface area contributed by atoms with Crippen molar-refractivity contribution in [3.05, 3.63) is 64.1 Å². The van der Waals surface area contributed by atoms with Crippen molar-refractivity contribution in [3.63, 3.8) is 0 Å². The lowest BCUT2D eigenvalue weighted by Gasteiger charge is -2.21. The van der Waals surface area contributed by atoms with Gasteiger partial charge in [0, 0.05) is 21.7 Å². The molecule has 0 radical (unpaired) electrons. The zero-order valence-electron chi connectivity index (χ0n) is 12.2. The van der Waals surface area contributed by atoms with Crippen molar-refractivity contribution in [3.8, 4) is 0 Å². The fraction of sp³-hybridized carbons (Fsp3) is 0.333. The van der Waals surface area contributed by atoms with Gasteiger partial charge in [-0.2, -0.15) is 0 Å². The summed E-state index contributed by atoms with van der Waals surface area (Å²) in [6.07, 6.45) is 1.21. The Labute approximate surface area is 139 Å². The van der Waals surface area contributed by atoms with Gasteiger partial charge in [-0.1, -0.05) is 46.3 Å². The maximum atomic E-state index is 3.52. The van der Waals surface area contributed by atoms with E-state index in [4.69, 9.17) is 0 Å². The highest BCUT2D eigenvalue weighted by Gasteiger charge is 2.26. The molecule has 1 aliphatic heterocycles. The van der Waals surface area contributed by atoms with E-state index in [1.807, 2.05) is 18.8 Å². The molecule has 110 valence electrons. The van der Waals surface area contributed by atoms with Crippen LogP contribution in [0.15, 0.2) is 57.9 Å². The summed E-state index contributed by atoms with van der Waals surface area (Å²) >= 11 is 5.53. The summed E-state index contributed by atoms with van der Waals surface area (Å²) in [5.74, 6) is 2.46. The van der Waals surface area contributed by atoms with E-state index in [1.54, 1.807) is 5.56 Å². The summed E-state index contributed by atoms with van der Waals surface area (Å²) in [5, 5.41) is 3.36. The highest BCUT2D eigenvalue weighted by atomic mass is 79.9. The van der Waals surface area contributed by atoms with Crippen LogP contribution in [-0.2, 0) is 0 Å². The Morgan fingerprint density at radius 1 is 1.19 bits per heavy atom. The SMILES string of the molecule is CNCC(CC1CSc2ccccc21)c1ccc(Br)cc1. The summed E-state index contributed by atoms with van der Waals surface area (Å²) in [6.45, 7) is 1.03. The van der Waals surface area contributed by atoms with Crippen molar-refractivity contribution in [2.75, 3.05) is 19.3 Å². The molecule has 0 aliphatic carbocycles. The lowest BCUT2D eigenvalue weighted by molar-refractivity contribution is 0.538. The summed E-state index contributed by atoms with van der Waals surface area (Å²) in [7, 11) is 2.04. The lowest BCUT2D eigenvalue weighted by atomic mass is 9.86. The molecule has 0 amide bonds. The van der Waals surface area contributed by atoms with Gasteiger partial charge < -0.3 is 5.32 Å². The third kappa shape index (κ3) is 3.53. The van der Waals surface area contributed by atoms with Crippen LogP contribution in [0.1, 0.15) is 29.4 Å². The molecule has 3 heteroatoms. The monoisotopic (exact) mass is 361 g/mol. The quantitative estimate of drug-likeness (QED) is 0.801. The van der Waals surface area contributed by atoms with Gasteiger partial charge in [0.15, 0.2) is 0 Å². The highest BCUT2D eigenvalue weighted by molar-refractivity contribution is 9.10. The van der Waals surface area contributed by atoms with Crippen molar-refractivity contribution in [2.45, 2.75) is 23.2 Å². The van der Waals surface area contributed by atoms with Gasteiger partial charge in [0.1, 0.15) is 0 Å². The average Bonchev–Trinajstić information content (AvgIpc) is 2.91. The van der Waals surface area contributed by atoms with Crippen LogP contribution in [0.4, 0.5) is 0 Å². The van der Waals surface area contributed by atoms with Crippen molar-refractivity contribution in [2.24, 2.45) is 0 Å². The topological polar surface area (TPSA) is 12.0 Å². The first-order chi connectivity index (χ1) is 10.3. The molecular weight excluding hydrogens is 342 g/mol. The molecule has 21 heavy (non-hydrogen) atoms. The minimum atomic E-state index is 0.569. The number of hydrogen-bond acceptors (Lipinski definition) is 2. The van der Waals surface area contributed by atoms with Crippen LogP contribution in [0, 0.1) is 0 Å². The number of benzene rings is 2. The van der Waals surface area contributed by atoms with Crippen LogP contribution < -0.4 is 5.32 Å². The van der Waals surface area contributed by atoms with E-state index < -0.39 is 0 Å². The maximum absolute atomic E-state index is 3.52. The van der Waals surface area contributed by atoms with Gasteiger partial charge in [-0.25, -0.2) is 0 Å². The fourth-order valence-electron chi connectivity index (χ4n) is 3.09. The second kappa shape index (κ2) is 6.99. The van der Waals surface area contributed by atoms with Crippen molar-refractivity contribution < 1.29 is 0 Å². The Bertz CT molecular complexity index is 596. The van der Waals surface area contributed by atoms with E-state index in [1.165, 1.54) is 22.6 Å². The molecule has 1 heterocycles. The molecule has 0 fully saturated rings. The van der Waals surface area contributed by atoms with Gasteiger partial charge in [0.25, 0.3) is 0 Å². The zero-order valence-corrected chi connectivity index (χ0v) is 14.6. The molecule has 2 aromatic rings. The second-order valence-electron chi connectivity index (χ2n) is 5.59. The van der Waals surface area contributed by atoms with Gasteiger partial charge >= 0.3 is 0 Å². The normalized spacial score (nSPS) is 18.5. The van der Waals surface area contributed by atoms with Gasteiger partial charge in [-0.05, 0) is 54.6 Å². The summed E-state index contributed by atoms with van der Waals surface area (Å²) in [6, 6.07) is 17.7. The largest absolute Gasteiger partial charge is 0.319 e. The van der Waals surface area contributed by atoms with E-state index in [0.29, 0.717) is 11.8 Å². The predicted molar refractivity (Wildman–Crippen MR) is 95.3 cm³/mol. The van der Waals surface area contributed by atoms with E-state index in [-0.39, 0.29) is 0 Å². The van der Waals surface area contributed by atoms with Crippen LogP contribution in [0.25, 0.3) is 0 Å². The fourth-order valence-corrected chi connectivity index (χ4v) is 4.62. The maximum Gasteiger partial charge on any atom is 0.0175 e. The number of halogens is 1. The van der Waals surface area contributed by atoms with E-state index >= 15 is 0 Å². The summed E-state index contributed by atoms with van der Waals surface area (Å²) in [4.78, 5) is 1.47. The second-order valence-corrected chi connectivity index (χ2v) is 7.57. The Morgan fingerprint density at radius 3 is 2.71 bits per heavy atom. The first kappa shape index (κ1) is 15.1. The predicted octanol–water partition coefficient (Wildman–Crippen LogP) is 5.03. The van der Waals surface area contributed by atoms with Crippen LogP contribution in [0.5, 0.6) is 0 Å². The van der Waals surface area contributed by atoms with Crippen LogP contribution in [-0.4, -0.2) is 19.3 Å². The van der Waals surface area contributed by atoms with Gasteiger partial charge in [0.2, 0.25) is 0 Å². The molecule has 1 aliphatic rings. The Morgan fingerprint density at radius 2 is 1.95 bits per heavy atom. The number of rotatable bonds is 5.